The van der Waals surface area contributed by atoms with E-state index in [2.05, 4.69) is 15.5 Å². The molecular formula is C20H20ClN5O5S. The van der Waals surface area contributed by atoms with E-state index in [1.54, 1.807) is 44.6 Å². The summed E-state index contributed by atoms with van der Waals surface area (Å²) in [6.45, 7) is 0.890. The molecule has 10 nitrogen and oxygen atoms in total. The fourth-order valence-corrected chi connectivity index (χ4v) is 3.88. The molecule has 1 aliphatic rings. The average Bonchev–Trinajstić information content (AvgIpc) is 3.17. The molecule has 2 aromatic carbocycles. The lowest BCUT2D eigenvalue weighted by molar-refractivity contribution is -0.113. The van der Waals surface area contributed by atoms with E-state index in [9.17, 15) is 4.79 Å². The third-order valence-corrected chi connectivity index (χ3v) is 5.81. The number of carbonyl (C=O) groups is 1. The van der Waals surface area contributed by atoms with E-state index in [4.69, 9.17) is 36.4 Å². The molecule has 1 amide bonds. The van der Waals surface area contributed by atoms with Gasteiger partial charge in [-0.2, -0.15) is 0 Å². The van der Waals surface area contributed by atoms with Crippen LogP contribution in [0.4, 0.5) is 5.69 Å². The monoisotopic (exact) mass is 477 g/mol. The van der Waals surface area contributed by atoms with E-state index < -0.39 is 0 Å². The largest absolute Gasteiger partial charge is 0.497 e. The van der Waals surface area contributed by atoms with Crippen LogP contribution < -0.4 is 30.1 Å². The summed E-state index contributed by atoms with van der Waals surface area (Å²) in [5.74, 6) is 8.56. The smallest absolute Gasteiger partial charge is 0.234 e. The van der Waals surface area contributed by atoms with Gasteiger partial charge in [-0.05, 0) is 12.1 Å². The second-order valence-electron chi connectivity index (χ2n) is 6.55. The quantitative estimate of drug-likeness (QED) is 0.390. The third-order valence-electron chi connectivity index (χ3n) is 4.55. The number of nitrogens with one attached hydrogen (secondary N) is 1. The third kappa shape index (κ3) is 4.48. The highest BCUT2D eigenvalue weighted by atomic mass is 35.5. The number of thioether (sulfide) groups is 1. The molecule has 3 aromatic rings. The summed E-state index contributed by atoms with van der Waals surface area (Å²) in [7, 11) is 3.11. The molecule has 0 atom stereocenters. The van der Waals surface area contributed by atoms with Crippen molar-refractivity contribution >= 4 is 35.0 Å². The summed E-state index contributed by atoms with van der Waals surface area (Å²) in [4.78, 5) is 12.5. The highest BCUT2D eigenvalue weighted by molar-refractivity contribution is 7.99. The standard InChI is InChI=1S/C20H20ClN5O5S/c1-28-11-3-4-12(15(7-11)29-2)19-24-25-20(26(19)22)32-10-18(27)23-14-9-17-16(8-13(14)21)30-5-6-31-17/h3-4,7-9H,5-6,10,22H2,1-2H3,(H,23,27). The maximum Gasteiger partial charge on any atom is 0.234 e. The van der Waals surface area contributed by atoms with E-state index in [0.29, 0.717) is 63.5 Å². The number of hydrogen-bond donors (Lipinski definition) is 2. The minimum atomic E-state index is -0.292. The number of amides is 1. The highest BCUT2D eigenvalue weighted by Crippen LogP contribution is 2.38. The van der Waals surface area contributed by atoms with Gasteiger partial charge in [0.25, 0.3) is 0 Å². The fourth-order valence-electron chi connectivity index (χ4n) is 3.02. The number of carbonyl (C=O) groups excluding carboxylic acids is 1. The summed E-state index contributed by atoms with van der Waals surface area (Å²) in [5.41, 5.74) is 1.07. The zero-order valence-corrected chi connectivity index (χ0v) is 18.8. The molecular weight excluding hydrogens is 458 g/mol. The Morgan fingerprint density at radius 1 is 1.19 bits per heavy atom. The normalized spacial score (nSPS) is 12.3. The van der Waals surface area contributed by atoms with Crippen LogP contribution >= 0.6 is 23.4 Å². The van der Waals surface area contributed by atoms with Gasteiger partial charge in [-0.3, -0.25) is 4.79 Å². The molecule has 0 spiro atoms. The maximum atomic E-state index is 12.5. The molecule has 0 radical (unpaired) electrons. The highest BCUT2D eigenvalue weighted by Gasteiger charge is 2.19. The molecule has 4 rings (SSSR count). The van der Waals surface area contributed by atoms with Gasteiger partial charge in [0.1, 0.15) is 24.7 Å². The molecule has 12 heteroatoms. The number of rotatable bonds is 7. The summed E-state index contributed by atoms with van der Waals surface area (Å²) < 4.78 is 22.9. The molecule has 0 fully saturated rings. The number of aromatic nitrogens is 3. The molecule has 3 N–H and O–H groups in total. The Balaban J connectivity index is 1.44. The van der Waals surface area contributed by atoms with Crippen molar-refractivity contribution in [2.24, 2.45) is 0 Å². The van der Waals surface area contributed by atoms with Crippen LogP contribution in [-0.2, 0) is 4.79 Å². The number of nitrogens with two attached hydrogens (primary N) is 1. The van der Waals surface area contributed by atoms with Gasteiger partial charge in [0.05, 0.1) is 36.2 Å². The van der Waals surface area contributed by atoms with Crippen molar-refractivity contribution in [2.75, 3.05) is 44.3 Å². The Hall–Kier alpha value is -3.31. The number of benzene rings is 2. The Bertz CT molecular complexity index is 1160. The zero-order valence-electron chi connectivity index (χ0n) is 17.3. The molecule has 0 bridgehead atoms. The van der Waals surface area contributed by atoms with Crippen LogP contribution in [0.3, 0.4) is 0 Å². The van der Waals surface area contributed by atoms with E-state index in [1.807, 2.05) is 0 Å². The summed E-state index contributed by atoms with van der Waals surface area (Å²) in [6.07, 6.45) is 0. The fraction of sp³-hybridized carbons (Fsp3) is 0.250. The molecule has 1 aromatic heterocycles. The van der Waals surface area contributed by atoms with Crippen molar-refractivity contribution in [1.29, 1.82) is 0 Å². The Kier molecular flexibility index (Phi) is 6.47. The van der Waals surface area contributed by atoms with Crippen molar-refractivity contribution in [1.82, 2.24) is 14.9 Å². The predicted octanol–water partition coefficient (Wildman–Crippen LogP) is 2.83. The number of methoxy groups -OCH3 is 2. The Morgan fingerprint density at radius 2 is 1.94 bits per heavy atom. The van der Waals surface area contributed by atoms with Gasteiger partial charge in [0.15, 0.2) is 17.3 Å². The zero-order chi connectivity index (χ0) is 22.7. The first-order valence-corrected chi connectivity index (χ1v) is 10.8. The average molecular weight is 478 g/mol. The molecule has 0 unspecified atom stereocenters. The number of fused-ring (bicyclic) bond motifs is 1. The number of nitrogens with zero attached hydrogens (tertiary/aromatic N) is 3. The number of ether oxygens (including phenoxy) is 4. The molecule has 2 heterocycles. The summed E-state index contributed by atoms with van der Waals surface area (Å²) in [6, 6.07) is 8.52. The van der Waals surface area contributed by atoms with E-state index in [1.165, 1.54) is 4.68 Å². The lowest BCUT2D eigenvalue weighted by atomic mass is 10.2. The van der Waals surface area contributed by atoms with Crippen LogP contribution in [-0.4, -0.2) is 54.0 Å². The molecule has 32 heavy (non-hydrogen) atoms. The van der Waals surface area contributed by atoms with Crippen LogP contribution in [0.15, 0.2) is 35.5 Å². The van der Waals surface area contributed by atoms with Crippen molar-refractivity contribution < 1.29 is 23.7 Å². The second-order valence-corrected chi connectivity index (χ2v) is 7.90. The number of hydrogen-bond acceptors (Lipinski definition) is 9. The Morgan fingerprint density at radius 3 is 2.66 bits per heavy atom. The minimum absolute atomic E-state index is 0.0415. The van der Waals surface area contributed by atoms with Gasteiger partial charge in [0.2, 0.25) is 11.1 Å². The van der Waals surface area contributed by atoms with Gasteiger partial charge in [0, 0.05) is 18.2 Å². The minimum Gasteiger partial charge on any atom is -0.497 e. The second kappa shape index (κ2) is 9.45. The van der Waals surface area contributed by atoms with Gasteiger partial charge < -0.3 is 30.1 Å². The number of halogens is 1. The van der Waals surface area contributed by atoms with E-state index in [-0.39, 0.29) is 11.7 Å². The van der Waals surface area contributed by atoms with Crippen LogP contribution in [0.2, 0.25) is 5.02 Å². The van der Waals surface area contributed by atoms with Gasteiger partial charge in [-0.15, -0.1) is 10.2 Å². The van der Waals surface area contributed by atoms with Crippen LogP contribution in [0.5, 0.6) is 23.0 Å². The lowest BCUT2D eigenvalue weighted by Crippen LogP contribution is -2.18. The summed E-state index contributed by atoms with van der Waals surface area (Å²) in [5, 5.41) is 11.7. The Labute approximate surface area is 192 Å². The molecule has 1 aliphatic heterocycles. The first-order chi connectivity index (χ1) is 15.5. The van der Waals surface area contributed by atoms with Gasteiger partial charge in [-0.1, -0.05) is 23.4 Å². The topological polar surface area (TPSA) is 123 Å². The first kappa shape index (κ1) is 21.9. The SMILES string of the molecule is COc1ccc(-c2nnc(SCC(=O)Nc3cc4c(cc3Cl)OCCO4)n2N)c(OC)c1. The van der Waals surface area contributed by atoms with Crippen LogP contribution in [0.25, 0.3) is 11.4 Å². The van der Waals surface area contributed by atoms with Gasteiger partial charge >= 0.3 is 0 Å². The van der Waals surface area contributed by atoms with Crippen molar-refractivity contribution in [3.63, 3.8) is 0 Å². The van der Waals surface area contributed by atoms with Crippen molar-refractivity contribution in [3.05, 3.63) is 35.4 Å². The number of nitrogen functional groups attached to an aromatic ring is 1. The van der Waals surface area contributed by atoms with E-state index >= 15 is 0 Å². The van der Waals surface area contributed by atoms with Crippen molar-refractivity contribution in [2.45, 2.75) is 5.16 Å². The molecule has 0 aliphatic carbocycles. The van der Waals surface area contributed by atoms with Crippen LogP contribution in [0, 0.1) is 0 Å². The van der Waals surface area contributed by atoms with Crippen molar-refractivity contribution in [3.8, 4) is 34.4 Å². The predicted molar refractivity (Wildman–Crippen MR) is 121 cm³/mol. The summed E-state index contributed by atoms with van der Waals surface area (Å²) >= 11 is 7.38. The molecule has 0 saturated carbocycles. The molecule has 168 valence electrons. The van der Waals surface area contributed by atoms with Gasteiger partial charge in [-0.25, -0.2) is 4.68 Å². The lowest BCUT2D eigenvalue weighted by Gasteiger charge is -2.20. The maximum absolute atomic E-state index is 12.5. The van der Waals surface area contributed by atoms with E-state index in [0.717, 1.165) is 11.8 Å². The first-order valence-electron chi connectivity index (χ1n) is 9.45. The number of anilines is 1. The van der Waals surface area contributed by atoms with Crippen LogP contribution in [0.1, 0.15) is 0 Å². The molecule has 0 saturated heterocycles.